The van der Waals surface area contributed by atoms with Gasteiger partial charge >= 0.3 is 0 Å². The highest BCUT2D eigenvalue weighted by Crippen LogP contribution is 2.28. The Morgan fingerprint density at radius 2 is 2.12 bits per heavy atom. The van der Waals surface area contributed by atoms with E-state index >= 15 is 0 Å². The van der Waals surface area contributed by atoms with Gasteiger partial charge in [-0.25, -0.2) is 0 Å². The van der Waals surface area contributed by atoms with Gasteiger partial charge in [0.25, 0.3) is 0 Å². The predicted octanol–water partition coefficient (Wildman–Crippen LogP) is 0.980. The lowest BCUT2D eigenvalue weighted by Crippen LogP contribution is -2.53. The van der Waals surface area contributed by atoms with Gasteiger partial charge in [0.05, 0.1) is 24.9 Å². The van der Waals surface area contributed by atoms with Crippen LogP contribution in [0, 0.1) is 0 Å². The first kappa shape index (κ1) is 17.4. The molecule has 0 aliphatic carbocycles. The van der Waals surface area contributed by atoms with Gasteiger partial charge in [0.1, 0.15) is 6.10 Å². The Hall–Kier alpha value is -1.47. The minimum atomic E-state index is -0.559. The zero-order chi connectivity index (χ0) is 17.1. The Kier molecular flexibility index (Phi) is 5.50. The quantitative estimate of drug-likeness (QED) is 0.810. The first-order valence-corrected chi connectivity index (χ1v) is 8.55. The van der Waals surface area contributed by atoms with E-state index in [0.29, 0.717) is 13.0 Å². The second-order valence-corrected chi connectivity index (χ2v) is 6.69. The Labute approximate surface area is 142 Å². The van der Waals surface area contributed by atoms with E-state index in [0.717, 1.165) is 6.42 Å². The highest BCUT2D eigenvalue weighted by molar-refractivity contribution is 5.80. The average Bonchev–Trinajstić information content (AvgIpc) is 2.97. The van der Waals surface area contributed by atoms with Crippen LogP contribution >= 0.6 is 0 Å². The van der Waals surface area contributed by atoms with Crippen LogP contribution < -0.4 is 11.1 Å². The number of ether oxygens (including phenoxy) is 3. The Morgan fingerprint density at radius 1 is 1.38 bits per heavy atom. The van der Waals surface area contributed by atoms with Crippen molar-refractivity contribution in [2.24, 2.45) is 5.73 Å². The maximum absolute atomic E-state index is 12.4. The molecule has 132 valence electrons. The van der Waals surface area contributed by atoms with E-state index in [2.05, 4.69) is 17.4 Å². The van der Waals surface area contributed by atoms with Gasteiger partial charge in [-0.05, 0) is 25.8 Å². The maximum Gasteiger partial charge on any atom is 0.249 e. The number of amides is 1. The number of hydrogen-bond donors (Lipinski definition) is 2. The second kappa shape index (κ2) is 7.61. The minimum absolute atomic E-state index is 0.0204. The lowest BCUT2D eigenvalue weighted by molar-refractivity contribution is -0.165. The van der Waals surface area contributed by atoms with Gasteiger partial charge in [-0.15, -0.1) is 0 Å². The van der Waals surface area contributed by atoms with Crippen LogP contribution in [0.25, 0.3) is 0 Å². The van der Waals surface area contributed by atoms with E-state index < -0.39 is 12.4 Å². The molecule has 2 aliphatic rings. The fourth-order valence-corrected chi connectivity index (χ4v) is 3.24. The topological polar surface area (TPSA) is 82.8 Å². The van der Waals surface area contributed by atoms with Crippen LogP contribution in [0.5, 0.6) is 0 Å². The Balaban J connectivity index is 1.48. The maximum atomic E-state index is 12.4. The van der Waals surface area contributed by atoms with Crippen molar-refractivity contribution in [1.29, 1.82) is 0 Å². The third kappa shape index (κ3) is 4.13. The monoisotopic (exact) mass is 334 g/mol. The van der Waals surface area contributed by atoms with Crippen LogP contribution in [0.15, 0.2) is 30.3 Å². The number of fused-ring (bicyclic) bond motifs is 2. The van der Waals surface area contributed by atoms with Crippen molar-refractivity contribution in [3.05, 3.63) is 35.9 Å². The molecule has 2 saturated heterocycles. The molecule has 0 aromatic heterocycles. The van der Waals surface area contributed by atoms with Crippen LogP contribution in [-0.2, 0) is 25.4 Å². The van der Waals surface area contributed by atoms with Crippen molar-refractivity contribution in [3.63, 3.8) is 0 Å². The molecular formula is C18H26N2O4. The number of nitrogens with two attached hydrogens (primary N) is 1. The van der Waals surface area contributed by atoms with Gasteiger partial charge in [-0.3, -0.25) is 4.79 Å². The number of rotatable bonds is 6. The summed E-state index contributed by atoms with van der Waals surface area (Å²) in [6, 6.07) is 9.77. The smallest absolute Gasteiger partial charge is 0.249 e. The molecule has 1 aromatic rings. The molecular weight excluding hydrogens is 308 g/mol. The lowest BCUT2D eigenvalue weighted by atomic mass is 10.0. The molecule has 6 heteroatoms. The standard InChI is InChI=1S/C18H26N2O4/c1-11(8-13-6-4-3-5-7-13)20-17(21)12(2)23-15-9-14-10-22-18(24-14)16(15)19/h3-7,11-12,14-16,18H,8-10,19H2,1-2H3,(H,20,21)/t11?,12?,14?,15?,16-,18?/m1/s1. The number of carbonyl (C=O) groups is 1. The van der Waals surface area contributed by atoms with E-state index in [1.165, 1.54) is 5.56 Å². The van der Waals surface area contributed by atoms with Gasteiger partial charge < -0.3 is 25.3 Å². The summed E-state index contributed by atoms with van der Waals surface area (Å²) in [7, 11) is 0. The molecule has 0 spiro atoms. The third-order valence-corrected chi connectivity index (χ3v) is 4.53. The molecule has 6 nitrogen and oxygen atoms in total. The van der Waals surface area contributed by atoms with Crippen LogP contribution in [0.4, 0.5) is 0 Å². The van der Waals surface area contributed by atoms with E-state index in [1.54, 1.807) is 6.92 Å². The van der Waals surface area contributed by atoms with Gasteiger partial charge in [0, 0.05) is 12.5 Å². The van der Waals surface area contributed by atoms with Crippen molar-refractivity contribution < 1.29 is 19.0 Å². The largest absolute Gasteiger partial charge is 0.364 e. The van der Waals surface area contributed by atoms with E-state index in [4.69, 9.17) is 19.9 Å². The van der Waals surface area contributed by atoms with Crippen molar-refractivity contribution in [2.45, 2.75) is 63.4 Å². The molecule has 2 aliphatic heterocycles. The lowest BCUT2D eigenvalue weighted by Gasteiger charge is -2.34. The number of carbonyl (C=O) groups excluding carboxylic acids is 1. The summed E-state index contributed by atoms with van der Waals surface area (Å²) in [5.74, 6) is -0.120. The Morgan fingerprint density at radius 3 is 2.88 bits per heavy atom. The van der Waals surface area contributed by atoms with Crippen LogP contribution in [0.1, 0.15) is 25.8 Å². The fraction of sp³-hybridized carbons (Fsp3) is 0.611. The predicted molar refractivity (Wildman–Crippen MR) is 89.3 cm³/mol. The summed E-state index contributed by atoms with van der Waals surface area (Å²) in [5, 5.41) is 3.00. The summed E-state index contributed by atoms with van der Waals surface area (Å²) in [6.07, 6.45) is 0.273. The molecule has 2 heterocycles. The van der Waals surface area contributed by atoms with Crippen molar-refractivity contribution in [2.75, 3.05) is 6.61 Å². The number of benzene rings is 1. The molecule has 1 amide bonds. The zero-order valence-corrected chi connectivity index (χ0v) is 14.2. The van der Waals surface area contributed by atoms with Gasteiger partial charge in [0.15, 0.2) is 6.29 Å². The first-order valence-electron chi connectivity index (χ1n) is 8.55. The van der Waals surface area contributed by atoms with Gasteiger partial charge in [-0.1, -0.05) is 30.3 Å². The average molecular weight is 334 g/mol. The SMILES string of the molecule is CC(Cc1ccccc1)NC(=O)C(C)OC1CC2COC(O2)[C@@H]1N. The van der Waals surface area contributed by atoms with Gasteiger partial charge in [0.2, 0.25) is 5.91 Å². The number of nitrogens with one attached hydrogen (secondary N) is 1. The highest BCUT2D eigenvalue weighted by atomic mass is 16.7. The molecule has 2 fully saturated rings. The second-order valence-electron chi connectivity index (χ2n) is 6.69. The molecule has 1 aromatic carbocycles. The van der Waals surface area contributed by atoms with Crippen LogP contribution in [-0.4, -0.2) is 49.2 Å². The molecule has 0 saturated carbocycles. The molecule has 3 N–H and O–H groups in total. The third-order valence-electron chi connectivity index (χ3n) is 4.53. The first-order chi connectivity index (χ1) is 11.5. The summed E-state index contributed by atoms with van der Waals surface area (Å²) in [5.41, 5.74) is 7.30. The summed E-state index contributed by atoms with van der Waals surface area (Å²) >= 11 is 0. The zero-order valence-electron chi connectivity index (χ0n) is 14.2. The van der Waals surface area contributed by atoms with Gasteiger partial charge in [-0.2, -0.15) is 0 Å². The summed E-state index contributed by atoms with van der Waals surface area (Å²) in [4.78, 5) is 12.4. The normalized spacial score (nSPS) is 31.5. The summed E-state index contributed by atoms with van der Waals surface area (Å²) < 4.78 is 16.9. The minimum Gasteiger partial charge on any atom is -0.364 e. The summed E-state index contributed by atoms with van der Waals surface area (Å²) in [6.45, 7) is 4.30. The molecule has 5 unspecified atom stereocenters. The molecule has 24 heavy (non-hydrogen) atoms. The van der Waals surface area contributed by atoms with Crippen molar-refractivity contribution in [3.8, 4) is 0 Å². The highest BCUT2D eigenvalue weighted by Gasteiger charge is 2.43. The molecule has 0 radical (unpaired) electrons. The number of hydrogen-bond acceptors (Lipinski definition) is 5. The van der Waals surface area contributed by atoms with Crippen molar-refractivity contribution in [1.82, 2.24) is 5.32 Å². The molecule has 6 atom stereocenters. The van der Waals surface area contributed by atoms with Crippen LogP contribution in [0.3, 0.4) is 0 Å². The van der Waals surface area contributed by atoms with E-state index in [1.807, 2.05) is 25.1 Å². The van der Waals surface area contributed by atoms with E-state index in [9.17, 15) is 4.79 Å². The van der Waals surface area contributed by atoms with E-state index in [-0.39, 0.29) is 30.2 Å². The van der Waals surface area contributed by atoms with Crippen LogP contribution in [0.2, 0.25) is 0 Å². The Bertz CT molecular complexity index is 553. The molecule has 3 rings (SSSR count). The van der Waals surface area contributed by atoms with Crippen molar-refractivity contribution >= 4 is 5.91 Å². The fourth-order valence-electron chi connectivity index (χ4n) is 3.24. The molecule has 2 bridgehead atoms.